The van der Waals surface area contributed by atoms with Crippen LogP contribution in [0.2, 0.25) is 0 Å². The molecule has 0 aliphatic carbocycles. The number of hydrogen-bond donors (Lipinski definition) is 1. The van der Waals surface area contributed by atoms with Crippen molar-refractivity contribution in [2.75, 3.05) is 0 Å². The van der Waals surface area contributed by atoms with E-state index in [4.69, 9.17) is 0 Å². The molecule has 0 radical (unpaired) electrons. The van der Waals surface area contributed by atoms with Gasteiger partial charge in [-0.2, -0.15) is 0 Å². The fraction of sp³-hybridized carbons (Fsp3) is 0.300. The number of ketones is 1. The van der Waals surface area contributed by atoms with Crippen LogP contribution in [0.3, 0.4) is 0 Å². The summed E-state index contributed by atoms with van der Waals surface area (Å²) in [5.74, 6) is -1.73. The minimum Gasteiger partial charge on any atom is -0.481 e. The fourth-order valence-electron chi connectivity index (χ4n) is 2.67. The molecular formula is C20H22O3. The number of aliphatic carboxylic acids is 1. The average molecular weight is 310 g/mol. The fourth-order valence-corrected chi connectivity index (χ4v) is 2.67. The van der Waals surface area contributed by atoms with Crippen LogP contribution in [0, 0.1) is 11.8 Å². The van der Waals surface area contributed by atoms with E-state index in [9.17, 15) is 14.7 Å². The molecule has 0 aliphatic rings. The number of carbonyl (C=O) groups is 2. The summed E-state index contributed by atoms with van der Waals surface area (Å²) in [6, 6.07) is 19.3. The van der Waals surface area contributed by atoms with Crippen molar-refractivity contribution in [1.29, 1.82) is 0 Å². The van der Waals surface area contributed by atoms with E-state index in [0.29, 0.717) is 12.8 Å². The lowest BCUT2D eigenvalue weighted by molar-refractivity contribution is -0.144. The topological polar surface area (TPSA) is 54.4 Å². The highest BCUT2D eigenvalue weighted by molar-refractivity contribution is 5.85. The van der Waals surface area contributed by atoms with Crippen molar-refractivity contribution in [1.82, 2.24) is 0 Å². The largest absolute Gasteiger partial charge is 0.481 e. The van der Waals surface area contributed by atoms with Gasteiger partial charge < -0.3 is 5.11 Å². The summed E-state index contributed by atoms with van der Waals surface area (Å²) in [6.07, 6.45) is 1.12. The Morgan fingerprint density at radius 2 is 1.35 bits per heavy atom. The highest BCUT2D eigenvalue weighted by Crippen LogP contribution is 2.18. The highest BCUT2D eigenvalue weighted by Gasteiger charge is 2.24. The normalized spacial score (nSPS) is 13.3. The SMILES string of the molecule is C[C@H](Cc1ccccc1)C(=O)C[C@H](Cc1ccccc1)C(=O)O. The molecule has 120 valence electrons. The maximum absolute atomic E-state index is 12.4. The Morgan fingerprint density at radius 3 is 1.83 bits per heavy atom. The monoisotopic (exact) mass is 310 g/mol. The standard InChI is InChI=1S/C20H22O3/c1-15(12-16-8-4-2-5-9-16)19(21)14-18(20(22)23)13-17-10-6-3-7-11-17/h2-11,15,18H,12-14H2,1H3,(H,22,23)/t15-,18+/m1/s1. The Labute approximate surface area is 137 Å². The number of Topliss-reactive ketones (excluding diaryl/α,β-unsaturated/α-hetero) is 1. The number of rotatable bonds is 8. The van der Waals surface area contributed by atoms with Gasteiger partial charge in [0, 0.05) is 12.3 Å². The molecule has 2 rings (SSSR count). The molecule has 0 saturated heterocycles. The van der Waals surface area contributed by atoms with Crippen LogP contribution in [0.25, 0.3) is 0 Å². The predicted octanol–water partition coefficient (Wildman–Crippen LogP) is 3.77. The van der Waals surface area contributed by atoms with Crippen molar-refractivity contribution in [2.45, 2.75) is 26.2 Å². The van der Waals surface area contributed by atoms with Crippen LogP contribution < -0.4 is 0 Å². The van der Waals surface area contributed by atoms with E-state index in [2.05, 4.69) is 0 Å². The van der Waals surface area contributed by atoms with E-state index in [1.165, 1.54) is 0 Å². The molecular weight excluding hydrogens is 288 g/mol. The lowest BCUT2D eigenvalue weighted by Crippen LogP contribution is -2.24. The third-order valence-corrected chi connectivity index (χ3v) is 4.06. The van der Waals surface area contributed by atoms with Gasteiger partial charge in [-0.05, 0) is 24.0 Å². The van der Waals surface area contributed by atoms with Crippen LogP contribution >= 0.6 is 0 Å². The van der Waals surface area contributed by atoms with Crippen molar-refractivity contribution in [3.8, 4) is 0 Å². The first kappa shape index (κ1) is 16.9. The summed E-state index contributed by atoms with van der Waals surface area (Å²) >= 11 is 0. The average Bonchev–Trinajstić information content (AvgIpc) is 2.56. The molecule has 0 aliphatic heterocycles. The molecule has 0 heterocycles. The van der Waals surface area contributed by atoms with Gasteiger partial charge in [0.2, 0.25) is 0 Å². The molecule has 0 unspecified atom stereocenters. The van der Waals surface area contributed by atoms with E-state index in [1.54, 1.807) is 0 Å². The molecule has 1 N–H and O–H groups in total. The second-order valence-electron chi connectivity index (χ2n) is 5.99. The molecule has 3 nitrogen and oxygen atoms in total. The zero-order chi connectivity index (χ0) is 16.7. The first-order valence-electron chi connectivity index (χ1n) is 7.89. The summed E-state index contributed by atoms with van der Waals surface area (Å²) < 4.78 is 0. The lowest BCUT2D eigenvalue weighted by atomic mass is 9.88. The van der Waals surface area contributed by atoms with Gasteiger partial charge in [0.05, 0.1) is 5.92 Å². The summed E-state index contributed by atoms with van der Waals surface area (Å²) in [7, 11) is 0. The van der Waals surface area contributed by atoms with Crippen molar-refractivity contribution >= 4 is 11.8 Å². The maximum Gasteiger partial charge on any atom is 0.307 e. The number of hydrogen-bond acceptors (Lipinski definition) is 2. The van der Waals surface area contributed by atoms with Crippen molar-refractivity contribution in [3.05, 3.63) is 71.8 Å². The van der Waals surface area contributed by atoms with Gasteiger partial charge >= 0.3 is 5.97 Å². The number of carbonyl (C=O) groups excluding carboxylic acids is 1. The van der Waals surface area contributed by atoms with Crippen molar-refractivity contribution in [2.24, 2.45) is 11.8 Å². The second kappa shape index (κ2) is 8.28. The number of carboxylic acids is 1. The molecule has 2 aromatic carbocycles. The highest BCUT2D eigenvalue weighted by atomic mass is 16.4. The molecule has 2 atom stereocenters. The predicted molar refractivity (Wildman–Crippen MR) is 90.2 cm³/mol. The van der Waals surface area contributed by atoms with Crippen LogP contribution in [0.15, 0.2) is 60.7 Å². The quantitative estimate of drug-likeness (QED) is 0.807. The third-order valence-electron chi connectivity index (χ3n) is 4.06. The first-order valence-corrected chi connectivity index (χ1v) is 7.89. The number of benzene rings is 2. The number of carboxylic acid groups (broad SMARTS) is 1. The van der Waals surface area contributed by atoms with E-state index >= 15 is 0 Å². The van der Waals surface area contributed by atoms with E-state index in [1.807, 2.05) is 67.6 Å². The van der Waals surface area contributed by atoms with Gasteiger partial charge in [0.1, 0.15) is 5.78 Å². The van der Waals surface area contributed by atoms with Crippen molar-refractivity contribution in [3.63, 3.8) is 0 Å². The molecule has 0 bridgehead atoms. The summed E-state index contributed by atoms with van der Waals surface area (Å²) in [5, 5.41) is 9.40. The molecule has 0 saturated carbocycles. The minimum absolute atomic E-state index is 0.0113. The Balaban J connectivity index is 1.96. The molecule has 0 spiro atoms. The van der Waals surface area contributed by atoms with Gasteiger partial charge in [-0.1, -0.05) is 67.6 Å². The molecule has 2 aromatic rings. The van der Waals surface area contributed by atoms with Gasteiger partial charge in [0.15, 0.2) is 0 Å². The zero-order valence-corrected chi connectivity index (χ0v) is 13.3. The van der Waals surface area contributed by atoms with Gasteiger partial charge in [0.25, 0.3) is 0 Å². The van der Waals surface area contributed by atoms with Gasteiger partial charge in [-0.25, -0.2) is 0 Å². The second-order valence-corrected chi connectivity index (χ2v) is 5.99. The smallest absolute Gasteiger partial charge is 0.307 e. The Hall–Kier alpha value is -2.42. The Bertz CT molecular complexity index is 634. The van der Waals surface area contributed by atoms with Crippen molar-refractivity contribution < 1.29 is 14.7 Å². The summed E-state index contributed by atoms with van der Waals surface area (Å²) in [4.78, 5) is 23.9. The van der Waals surface area contributed by atoms with E-state index in [-0.39, 0.29) is 18.1 Å². The van der Waals surface area contributed by atoms with E-state index < -0.39 is 11.9 Å². The Morgan fingerprint density at radius 1 is 0.870 bits per heavy atom. The van der Waals surface area contributed by atoms with Crippen LogP contribution in [-0.4, -0.2) is 16.9 Å². The molecule has 23 heavy (non-hydrogen) atoms. The van der Waals surface area contributed by atoms with Crippen LogP contribution in [-0.2, 0) is 22.4 Å². The molecule has 0 aromatic heterocycles. The van der Waals surface area contributed by atoms with Crippen LogP contribution in [0.1, 0.15) is 24.5 Å². The molecule has 3 heteroatoms. The van der Waals surface area contributed by atoms with E-state index in [0.717, 1.165) is 11.1 Å². The first-order chi connectivity index (χ1) is 11.1. The van der Waals surface area contributed by atoms with Gasteiger partial charge in [-0.3, -0.25) is 9.59 Å². The Kier molecular flexibility index (Phi) is 6.10. The molecule has 0 fully saturated rings. The third kappa shape index (κ3) is 5.37. The minimum atomic E-state index is -0.908. The molecule has 0 amide bonds. The maximum atomic E-state index is 12.4. The zero-order valence-electron chi connectivity index (χ0n) is 13.3. The lowest BCUT2D eigenvalue weighted by Gasteiger charge is -2.15. The van der Waals surface area contributed by atoms with Gasteiger partial charge in [-0.15, -0.1) is 0 Å². The van der Waals surface area contributed by atoms with Crippen LogP contribution in [0.4, 0.5) is 0 Å². The summed E-state index contributed by atoms with van der Waals surface area (Å²) in [6.45, 7) is 1.87. The summed E-state index contributed by atoms with van der Waals surface area (Å²) in [5.41, 5.74) is 2.05. The van der Waals surface area contributed by atoms with Crippen LogP contribution in [0.5, 0.6) is 0 Å².